The maximum absolute atomic E-state index is 12.8. The predicted octanol–water partition coefficient (Wildman–Crippen LogP) is 4.28. The Morgan fingerprint density at radius 1 is 1.23 bits per heavy atom. The lowest BCUT2D eigenvalue weighted by Crippen LogP contribution is -2.49. The highest BCUT2D eigenvalue weighted by Crippen LogP contribution is 2.32. The zero-order valence-corrected chi connectivity index (χ0v) is 16.0. The molecule has 0 saturated carbocycles. The molecule has 1 aliphatic rings. The molecule has 26 heavy (non-hydrogen) atoms. The fraction of sp³-hybridized carbons (Fsp3) is 0.333. The molecule has 1 aromatic carbocycles. The number of rotatable bonds is 2. The van der Waals surface area contributed by atoms with E-state index in [4.69, 9.17) is 16.7 Å². The van der Waals surface area contributed by atoms with Crippen LogP contribution in [0.15, 0.2) is 36.5 Å². The smallest absolute Gasteiger partial charge is 0.253 e. The topological polar surface area (TPSA) is 46.4 Å². The Morgan fingerprint density at radius 2 is 2.00 bits per heavy atom. The Morgan fingerprint density at radius 3 is 2.77 bits per heavy atom. The molecular formula is C21H22ClN3O. The molecule has 0 fully saturated rings. The van der Waals surface area contributed by atoms with E-state index in [1.54, 1.807) is 6.07 Å². The zero-order chi connectivity index (χ0) is 18.5. The molecule has 0 bridgehead atoms. The number of aromatic nitrogens is 2. The van der Waals surface area contributed by atoms with Gasteiger partial charge in [-0.1, -0.05) is 23.7 Å². The first kappa shape index (κ1) is 17.1. The van der Waals surface area contributed by atoms with E-state index >= 15 is 0 Å². The van der Waals surface area contributed by atoms with Crippen LogP contribution in [0.1, 0.15) is 46.1 Å². The number of aryl methyl sites for hydroxylation is 3. The summed E-state index contributed by atoms with van der Waals surface area (Å²) in [4.78, 5) is 12.8. The number of carbonyl (C=O) groups is 1. The van der Waals surface area contributed by atoms with Crippen molar-refractivity contribution in [1.29, 1.82) is 0 Å². The number of hydrogen-bond acceptors (Lipinski definition) is 2. The van der Waals surface area contributed by atoms with Gasteiger partial charge in [-0.25, -0.2) is 4.52 Å². The van der Waals surface area contributed by atoms with Gasteiger partial charge in [0, 0.05) is 17.3 Å². The number of nitrogens with one attached hydrogen (secondary N) is 1. The fourth-order valence-corrected chi connectivity index (χ4v) is 4.09. The van der Waals surface area contributed by atoms with Crippen LogP contribution in [-0.4, -0.2) is 21.1 Å². The summed E-state index contributed by atoms with van der Waals surface area (Å²) >= 11 is 6.27. The molecule has 1 aliphatic carbocycles. The second-order valence-corrected chi connectivity index (χ2v) is 8.04. The first-order chi connectivity index (χ1) is 12.3. The number of pyridine rings is 1. The molecule has 0 spiro atoms. The summed E-state index contributed by atoms with van der Waals surface area (Å²) in [5, 5.41) is 8.44. The molecule has 4 nitrogen and oxygen atoms in total. The van der Waals surface area contributed by atoms with Crippen LogP contribution in [-0.2, 0) is 12.8 Å². The first-order valence-corrected chi connectivity index (χ1v) is 9.28. The van der Waals surface area contributed by atoms with Crippen LogP contribution in [0.4, 0.5) is 0 Å². The van der Waals surface area contributed by atoms with E-state index in [0.717, 1.165) is 36.0 Å². The Hall–Kier alpha value is -2.33. The van der Waals surface area contributed by atoms with Crippen LogP contribution in [0.25, 0.3) is 5.52 Å². The lowest BCUT2D eigenvalue weighted by molar-refractivity contribution is 0.0898. The molecule has 134 valence electrons. The lowest BCUT2D eigenvalue weighted by Gasteiger charge is -2.34. The van der Waals surface area contributed by atoms with Crippen LogP contribution in [0.3, 0.4) is 0 Å². The molecule has 0 radical (unpaired) electrons. The Balaban J connectivity index is 1.62. The summed E-state index contributed by atoms with van der Waals surface area (Å²) in [6.07, 6.45) is 4.53. The number of halogens is 1. The molecule has 1 N–H and O–H groups in total. The summed E-state index contributed by atoms with van der Waals surface area (Å²) in [6.45, 7) is 6.13. The van der Waals surface area contributed by atoms with Crippen LogP contribution >= 0.6 is 11.6 Å². The summed E-state index contributed by atoms with van der Waals surface area (Å²) in [6, 6.07) is 9.75. The Bertz CT molecular complexity index is 1020. The zero-order valence-electron chi connectivity index (χ0n) is 15.3. The molecule has 1 amide bonds. The maximum Gasteiger partial charge on any atom is 0.253 e. The molecule has 2 heterocycles. The van der Waals surface area contributed by atoms with E-state index in [2.05, 4.69) is 37.5 Å². The average Bonchev–Trinajstić information content (AvgIpc) is 2.90. The third-order valence-electron chi connectivity index (χ3n) is 5.23. The molecular weight excluding hydrogens is 346 g/mol. The molecule has 1 unspecified atom stereocenters. The van der Waals surface area contributed by atoms with Gasteiger partial charge in [0.1, 0.15) is 0 Å². The molecule has 2 aromatic heterocycles. The summed E-state index contributed by atoms with van der Waals surface area (Å²) in [5.41, 5.74) is 5.93. The molecule has 0 saturated heterocycles. The van der Waals surface area contributed by atoms with Crippen molar-refractivity contribution < 1.29 is 4.79 Å². The number of hydrogen-bond donors (Lipinski definition) is 1. The number of amides is 1. The van der Waals surface area contributed by atoms with E-state index in [0.29, 0.717) is 10.6 Å². The summed E-state index contributed by atoms with van der Waals surface area (Å²) < 4.78 is 1.96. The van der Waals surface area contributed by atoms with E-state index in [1.165, 1.54) is 11.1 Å². The van der Waals surface area contributed by atoms with Gasteiger partial charge in [0.15, 0.2) is 0 Å². The van der Waals surface area contributed by atoms with E-state index in [-0.39, 0.29) is 11.4 Å². The quantitative estimate of drug-likeness (QED) is 0.734. The molecule has 1 atom stereocenters. The van der Waals surface area contributed by atoms with Crippen molar-refractivity contribution in [1.82, 2.24) is 14.9 Å². The summed E-state index contributed by atoms with van der Waals surface area (Å²) in [7, 11) is 0. The molecule has 4 rings (SSSR count). The van der Waals surface area contributed by atoms with Crippen LogP contribution in [0.5, 0.6) is 0 Å². The first-order valence-electron chi connectivity index (χ1n) is 8.90. The van der Waals surface area contributed by atoms with Gasteiger partial charge in [0.2, 0.25) is 0 Å². The second-order valence-electron chi connectivity index (χ2n) is 7.64. The number of nitrogens with zero attached hydrogens (tertiary/aromatic N) is 2. The molecule has 5 heteroatoms. The third kappa shape index (κ3) is 2.99. The van der Waals surface area contributed by atoms with Gasteiger partial charge in [-0.3, -0.25) is 4.79 Å². The minimum atomic E-state index is -0.313. The second kappa shape index (κ2) is 6.13. The van der Waals surface area contributed by atoms with Gasteiger partial charge >= 0.3 is 0 Å². The predicted molar refractivity (Wildman–Crippen MR) is 104 cm³/mol. The molecule has 3 aromatic rings. The highest BCUT2D eigenvalue weighted by molar-refractivity contribution is 6.33. The van der Waals surface area contributed by atoms with Gasteiger partial charge in [-0.15, -0.1) is 0 Å². The van der Waals surface area contributed by atoms with Crippen molar-refractivity contribution in [2.24, 2.45) is 0 Å². The lowest BCUT2D eigenvalue weighted by atomic mass is 9.81. The number of carbonyl (C=O) groups excluding carboxylic acids is 1. The Kier molecular flexibility index (Phi) is 4.03. The highest BCUT2D eigenvalue weighted by Gasteiger charge is 2.34. The monoisotopic (exact) mass is 367 g/mol. The maximum atomic E-state index is 12.8. The van der Waals surface area contributed by atoms with Crippen LogP contribution in [0.2, 0.25) is 5.02 Å². The Labute approximate surface area is 158 Å². The summed E-state index contributed by atoms with van der Waals surface area (Å²) in [5.74, 6) is -0.117. The van der Waals surface area contributed by atoms with Gasteiger partial charge < -0.3 is 5.32 Å². The van der Waals surface area contributed by atoms with Crippen molar-refractivity contribution in [2.75, 3.05) is 0 Å². The average molecular weight is 368 g/mol. The SMILES string of the molecule is Cc1ccc(C(=O)NC2(C)CCc3nn4cc(C)ccc4c3C2)c(Cl)c1. The van der Waals surface area contributed by atoms with Gasteiger partial charge in [-0.05, 0) is 69.4 Å². The molecule has 0 aliphatic heterocycles. The van der Waals surface area contributed by atoms with Gasteiger partial charge in [-0.2, -0.15) is 5.10 Å². The van der Waals surface area contributed by atoms with Crippen molar-refractivity contribution in [2.45, 2.75) is 45.6 Å². The minimum Gasteiger partial charge on any atom is -0.346 e. The van der Waals surface area contributed by atoms with Gasteiger partial charge in [0.05, 0.1) is 21.8 Å². The number of benzene rings is 1. The van der Waals surface area contributed by atoms with Crippen molar-refractivity contribution in [3.63, 3.8) is 0 Å². The largest absolute Gasteiger partial charge is 0.346 e. The number of fused-ring (bicyclic) bond motifs is 3. The third-order valence-corrected chi connectivity index (χ3v) is 5.54. The van der Waals surface area contributed by atoms with Gasteiger partial charge in [0.25, 0.3) is 5.91 Å². The fourth-order valence-electron chi connectivity index (χ4n) is 3.77. The van der Waals surface area contributed by atoms with Crippen molar-refractivity contribution in [3.8, 4) is 0 Å². The standard InChI is InChI=1S/C21H22ClN3O/c1-13-4-6-15(17(22)10-13)20(26)23-21(3)9-8-18-16(11-21)19-7-5-14(2)12-25(19)24-18/h4-7,10,12H,8-9,11H2,1-3H3,(H,23,26). The van der Waals surface area contributed by atoms with E-state index in [1.807, 2.05) is 23.6 Å². The minimum absolute atomic E-state index is 0.117. The van der Waals surface area contributed by atoms with Crippen molar-refractivity contribution >= 4 is 23.0 Å². The van der Waals surface area contributed by atoms with Crippen LogP contribution in [0, 0.1) is 13.8 Å². The van der Waals surface area contributed by atoms with Crippen LogP contribution < -0.4 is 5.32 Å². The van der Waals surface area contributed by atoms with E-state index in [9.17, 15) is 4.79 Å². The van der Waals surface area contributed by atoms with E-state index < -0.39 is 0 Å². The van der Waals surface area contributed by atoms with Crippen molar-refractivity contribution in [3.05, 3.63) is 69.5 Å². The normalized spacial score (nSPS) is 19.4. The highest BCUT2D eigenvalue weighted by atomic mass is 35.5.